The molecule has 1 N–H and O–H groups in total. The van der Waals surface area contributed by atoms with E-state index in [-0.39, 0.29) is 5.56 Å². The molecule has 2 rings (SSSR count). The molecule has 0 heterocycles. The molecule has 0 unspecified atom stereocenters. The van der Waals surface area contributed by atoms with Gasteiger partial charge in [-0.3, -0.25) is 5.32 Å². The zero-order chi connectivity index (χ0) is 15.2. The van der Waals surface area contributed by atoms with Crippen LogP contribution in [0.4, 0.5) is 10.5 Å². The number of rotatable bonds is 3. The second-order valence-electron chi connectivity index (χ2n) is 4.37. The van der Waals surface area contributed by atoms with E-state index in [4.69, 9.17) is 9.47 Å². The van der Waals surface area contributed by atoms with Gasteiger partial charge in [-0.25, -0.2) is 9.59 Å². The van der Waals surface area contributed by atoms with E-state index in [0.29, 0.717) is 11.4 Å². The molecule has 0 aromatic heterocycles. The van der Waals surface area contributed by atoms with Crippen molar-refractivity contribution in [3.63, 3.8) is 0 Å². The molecule has 21 heavy (non-hydrogen) atoms. The molecule has 0 spiro atoms. The maximum Gasteiger partial charge on any atom is 0.417 e. The first-order valence-corrected chi connectivity index (χ1v) is 6.33. The number of amides is 1. The molecule has 5 nitrogen and oxygen atoms in total. The van der Waals surface area contributed by atoms with E-state index in [2.05, 4.69) is 5.32 Å². The van der Waals surface area contributed by atoms with E-state index in [1.165, 1.54) is 7.11 Å². The maximum atomic E-state index is 11.8. The number of carbonyl (C=O) groups excluding carboxylic acids is 2. The van der Waals surface area contributed by atoms with Crippen LogP contribution < -0.4 is 10.1 Å². The van der Waals surface area contributed by atoms with Crippen molar-refractivity contribution >= 4 is 17.7 Å². The standard InChI is InChI=1S/C16H15NO4/c1-11-8-9-14(13(10-11)15(18)20-2)17-16(19)21-12-6-4-3-5-7-12/h3-10H,1-2H3,(H,17,19). The Hall–Kier alpha value is -2.82. The Labute approximate surface area is 122 Å². The molecule has 0 atom stereocenters. The Morgan fingerprint density at radius 3 is 2.43 bits per heavy atom. The summed E-state index contributed by atoms with van der Waals surface area (Å²) in [4.78, 5) is 23.6. The number of hydrogen-bond donors (Lipinski definition) is 1. The Bertz CT molecular complexity index is 653. The summed E-state index contributed by atoms with van der Waals surface area (Å²) >= 11 is 0. The smallest absolute Gasteiger partial charge is 0.417 e. The fourth-order valence-electron chi connectivity index (χ4n) is 1.78. The third kappa shape index (κ3) is 3.82. The highest BCUT2D eigenvalue weighted by Crippen LogP contribution is 2.19. The van der Waals surface area contributed by atoms with Crippen molar-refractivity contribution in [2.75, 3.05) is 12.4 Å². The number of benzene rings is 2. The van der Waals surface area contributed by atoms with Gasteiger partial charge in [0.2, 0.25) is 0 Å². The van der Waals surface area contributed by atoms with Gasteiger partial charge in [0.05, 0.1) is 18.4 Å². The summed E-state index contributed by atoms with van der Waals surface area (Å²) < 4.78 is 9.82. The Balaban J connectivity index is 2.15. The molecule has 2 aromatic carbocycles. The van der Waals surface area contributed by atoms with Gasteiger partial charge in [0.1, 0.15) is 5.75 Å². The SMILES string of the molecule is COC(=O)c1cc(C)ccc1NC(=O)Oc1ccccc1. The van der Waals surface area contributed by atoms with Gasteiger partial charge in [0.25, 0.3) is 0 Å². The van der Waals surface area contributed by atoms with E-state index >= 15 is 0 Å². The highest BCUT2D eigenvalue weighted by Gasteiger charge is 2.15. The average molecular weight is 285 g/mol. The Kier molecular flexibility index (Phi) is 4.56. The van der Waals surface area contributed by atoms with Crippen LogP contribution in [-0.2, 0) is 4.74 Å². The van der Waals surface area contributed by atoms with Crippen LogP contribution >= 0.6 is 0 Å². The monoisotopic (exact) mass is 285 g/mol. The van der Waals surface area contributed by atoms with Gasteiger partial charge in [-0.15, -0.1) is 0 Å². The number of ether oxygens (including phenoxy) is 2. The Morgan fingerprint density at radius 2 is 1.76 bits per heavy atom. The molecule has 0 bridgehead atoms. The lowest BCUT2D eigenvalue weighted by atomic mass is 10.1. The lowest BCUT2D eigenvalue weighted by Crippen LogP contribution is -2.19. The van der Waals surface area contributed by atoms with Gasteiger partial charge in [0.15, 0.2) is 0 Å². The minimum absolute atomic E-state index is 0.280. The average Bonchev–Trinajstić information content (AvgIpc) is 2.49. The normalized spacial score (nSPS) is 9.81. The maximum absolute atomic E-state index is 11.8. The van der Waals surface area contributed by atoms with Crippen LogP contribution in [0.3, 0.4) is 0 Å². The van der Waals surface area contributed by atoms with Crippen molar-refractivity contribution in [3.8, 4) is 5.75 Å². The number of nitrogens with one attached hydrogen (secondary N) is 1. The lowest BCUT2D eigenvalue weighted by Gasteiger charge is -2.10. The molecule has 0 aliphatic rings. The highest BCUT2D eigenvalue weighted by atomic mass is 16.6. The lowest BCUT2D eigenvalue weighted by molar-refractivity contribution is 0.0602. The van der Waals surface area contributed by atoms with Crippen molar-refractivity contribution in [1.29, 1.82) is 0 Å². The summed E-state index contributed by atoms with van der Waals surface area (Å²) in [5.74, 6) is -0.101. The van der Waals surface area contributed by atoms with Crippen molar-refractivity contribution in [3.05, 3.63) is 59.7 Å². The third-order valence-corrected chi connectivity index (χ3v) is 2.77. The molecule has 0 aliphatic heterocycles. The minimum Gasteiger partial charge on any atom is -0.465 e. The fourth-order valence-corrected chi connectivity index (χ4v) is 1.78. The first-order valence-electron chi connectivity index (χ1n) is 6.33. The van der Waals surface area contributed by atoms with Crippen molar-refractivity contribution in [1.82, 2.24) is 0 Å². The number of carbonyl (C=O) groups is 2. The van der Waals surface area contributed by atoms with Crippen molar-refractivity contribution in [2.45, 2.75) is 6.92 Å². The van der Waals surface area contributed by atoms with Crippen molar-refractivity contribution < 1.29 is 19.1 Å². The molecule has 0 saturated heterocycles. The largest absolute Gasteiger partial charge is 0.465 e. The predicted octanol–water partition coefficient (Wildman–Crippen LogP) is 3.39. The van der Waals surface area contributed by atoms with Crippen LogP contribution in [0, 0.1) is 6.92 Å². The van der Waals surface area contributed by atoms with Crippen LogP contribution in [0.5, 0.6) is 5.75 Å². The zero-order valence-electron chi connectivity index (χ0n) is 11.8. The number of esters is 1. The van der Waals surface area contributed by atoms with Gasteiger partial charge >= 0.3 is 12.1 Å². The molecule has 0 radical (unpaired) electrons. The molecule has 5 heteroatoms. The van der Waals surface area contributed by atoms with Crippen LogP contribution in [0.1, 0.15) is 15.9 Å². The van der Waals surface area contributed by atoms with Crippen LogP contribution in [0.15, 0.2) is 48.5 Å². The molecule has 1 amide bonds. The van der Waals surface area contributed by atoms with Gasteiger partial charge in [-0.1, -0.05) is 29.8 Å². The quantitative estimate of drug-likeness (QED) is 0.878. The second kappa shape index (κ2) is 6.56. The summed E-state index contributed by atoms with van der Waals surface area (Å²) in [7, 11) is 1.29. The molecular weight excluding hydrogens is 270 g/mol. The summed E-state index contributed by atoms with van der Waals surface area (Å²) in [6.07, 6.45) is -0.671. The Morgan fingerprint density at radius 1 is 1.05 bits per heavy atom. The highest BCUT2D eigenvalue weighted by molar-refractivity contribution is 6.00. The van der Waals surface area contributed by atoms with Gasteiger partial charge in [-0.05, 0) is 31.2 Å². The second-order valence-corrected chi connectivity index (χ2v) is 4.37. The molecule has 0 fully saturated rings. The number of aryl methyl sites for hydroxylation is 1. The van der Waals surface area contributed by atoms with Crippen LogP contribution in [0.25, 0.3) is 0 Å². The molecule has 2 aromatic rings. The summed E-state index contributed by atoms with van der Waals surface area (Å²) in [6.45, 7) is 1.85. The summed E-state index contributed by atoms with van der Waals surface area (Å²) in [6, 6.07) is 13.7. The van der Waals surface area contributed by atoms with E-state index in [1.807, 2.05) is 13.0 Å². The summed E-state index contributed by atoms with van der Waals surface area (Å²) in [5, 5.41) is 2.54. The predicted molar refractivity (Wildman–Crippen MR) is 78.6 cm³/mol. The third-order valence-electron chi connectivity index (χ3n) is 2.77. The van der Waals surface area contributed by atoms with Crippen LogP contribution in [-0.4, -0.2) is 19.2 Å². The first kappa shape index (κ1) is 14.6. The fraction of sp³-hybridized carbons (Fsp3) is 0.125. The number of hydrogen-bond acceptors (Lipinski definition) is 4. The number of anilines is 1. The molecular formula is C16H15NO4. The number of para-hydroxylation sites is 1. The van der Waals surface area contributed by atoms with E-state index < -0.39 is 12.1 Å². The van der Waals surface area contributed by atoms with Crippen LogP contribution in [0.2, 0.25) is 0 Å². The van der Waals surface area contributed by atoms with E-state index in [9.17, 15) is 9.59 Å². The first-order chi connectivity index (χ1) is 10.1. The topological polar surface area (TPSA) is 64.6 Å². The van der Waals surface area contributed by atoms with Gasteiger partial charge < -0.3 is 9.47 Å². The van der Waals surface area contributed by atoms with E-state index in [1.54, 1.807) is 42.5 Å². The number of methoxy groups -OCH3 is 1. The van der Waals surface area contributed by atoms with E-state index in [0.717, 1.165) is 5.56 Å². The molecule has 108 valence electrons. The molecule has 0 aliphatic carbocycles. The van der Waals surface area contributed by atoms with Gasteiger partial charge in [0, 0.05) is 0 Å². The van der Waals surface area contributed by atoms with Gasteiger partial charge in [-0.2, -0.15) is 0 Å². The zero-order valence-corrected chi connectivity index (χ0v) is 11.8. The summed E-state index contributed by atoms with van der Waals surface area (Å²) in [5.41, 5.74) is 1.51. The minimum atomic E-state index is -0.671. The molecule has 0 saturated carbocycles. The van der Waals surface area contributed by atoms with Crippen molar-refractivity contribution in [2.24, 2.45) is 0 Å².